The Morgan fingerprint density at radius 1 is 1.33 bits per heavy atom. The number of hydrogen-bond donors (Lipinski definition) is 1. The van der Waals surface area contributed by atoms with Crippen molar-refractivity contribution in [3.05, 3.63) is 30.5 Å². The molecule has 2 rings (SSSR count). The van der Waals surface area contributed by atoms with Gasteiger partial charge in [-0.2, -0.15) is 8.42 Å². The number of fused-ring (bicyclic) bond motifs is 1. The van der Waals surface area contributed by atoms with Gasteiger partial charge in [0.2, 0.25) is 0 Å². The Bertz CT molecular complexity index is 657. The Hall–Kier alpha value is -0.660. The van der Waals surface area contributed by atoms with Gasteiger partial charge in [-0.25, -0.2) is 0 Å². The second kappa shape index (κ2) is 5.99. The van der Waals surface area contributed by atoms with Crippen molar-refractivity contribution in [2.45, 2.75) is 11.8 Å². The molecule has 0 radical (unpaired) electrons. The number of rotatable bonds is 3. The third-order valence-electron chi connectivity index (χ3n) is 2.27. The molecule has 0 saturated carbocycles. The number of nitrogens with zero attached hydrogens (tertiary/aromatic N) is 1. The minimum atomic E-state index is -4.26. The van der Waals surface area contributed by atoms with E-state index < -0.39 is 10.1 Å². The quantitative estimate of drug-likeness (QED) is 0.568. The van der Waals surface area contributed by atoms with E-state index in [0.29, 0.717) is 23.3 Å². The second-order valence-electron chi connectivity index (χ2n) is 3.37. The van der Waals surface area contributed by atoms with E-state index in [9.17, 15) is 8.42 Å². The first-order valence-electron chi connectivity index (χ1n) is 5.02. The summed E-state index contributed by atoms with van der Waals surface area (Å²) in [6.07, 6.45) is 1.54. The molecule has 0 spiro atoms. The zero-order chi connectivity index (χ0) is 12.5. The molecule has 1 aromatic carbocycles. The fourth-order valence-electron chi connectivity index (χ4n) is 1.62. The Morgan fingerprint density at radius 2 is 2.06 bits per heavy atom. The van der Waals surface area contributed by atoms with E-state index in [-0.39, 0.29) is 34.5 Å². The molecule has 0 unspecified atom stereocenters. The normalized spacial score (nSPS) is 11.0. The van der Waals surface area contributed by atoms with Gasteiger partial charge in [0.1, 0.15) is 16.2 Å². The maximum Gasteiger partial charge on any atom is 1.00 e. The first-order valence-corrected chi connectivity index (χ1v) is 6.46. The van der Waals surface area contributed by atoms with Crippen molar-refractivity contribution >= 4 is 21.0 Å². The van der Waals surface area contributed by atoms with Crippen LogP contribution in [0.25, 0.3) is 10.9 Å². The van der Waals surface area contributed by atoms with Crippen LogP contribution in [0.5, 0.6) is 5.75 Å². The molecule has 0 aliphatic carbocycles. The predicted octanol–water partition coefficient (Wildman–Crippen LogP) is -1.12. The van der Waals surface area contributed by atoms with Crippen LogP contribution in [0.3, 0.4) is 0 Å². The van der Waals surface area contributed by atoms with Crippen LogP contribution in [0.4, 0.5) is 0 Å². The first-order chi connectivity index (χ1) is 8.04. The molecule has 1 aromatic heterocycles. The average Bonchev–Trinajstić information content (AvgIpc) is 2.28. The maximum absolute atomic E-state index is 11.2. The standard InChI is InChI=1S/C11H11NO4S.Na/c1-2-16-9-5-6-10(17(13,14)15)8-4-3-7-12-11(8)9;/h3-7H,2H2,1H3,(H,13,14,15);/q;+1. The van der Waals surface area contributed by atoms with Gasteiger partial charge in [-0.1, -0.05) is 0 Å². The molecular formula is C11H11NNaO4S+. The van der Waals surface area contributed by atoms with Crippen LogP contribution in [-0.4, -0.2) is 24.6 Å². The van der Waals surface area contributed by atoms with Crippen molar-refractivity contribution in [3.8, 4) is 5.75 Å². The van der Waals surface area contributed by atoms with Crippen molar-refractivity contribution in [2.24, 2.45) is 0 Å². The van der Waals surface area contributed by atoms with Gasteiger partial charge in [0, 0.05) is 11.6 Å². The molecule has 0 atom stereocenters. The molecule has 90 valence electrons. The molecule has 0 bridgehead atoms. The molecule has 0 aliphatic rings. The number of benzene rings is 1. The second-order valence-corrected chi connectivity index (χ2v) is 4.76. The Balaban J connectivity index is 0.00000162. The maximum atomic E-state index is 11.2. The molecule has 0 aliphatic heterocycles. The molecule has 5 nitrogen and oxygen atoms in total. The molecule has 0 saturated heterocycles. The van der Waals surface area contributed by atoms with E-state index in [1.54, 1.807) is 18.3 Å². The van der Waals surface area contributed by atoms with Crippen LogP contribution in [0.15, 0.2) is 35.4 Å². The minimum absolute atomic E-state index is 0. The van der Waals surface area contributed by atoms with Crippen LogP contribution in [0.2, 0.25) is 0 Å². The number of hydrogen-bond acceptors (Lipinski definition) is 4. The van der Waals surface area contributed by atoms with E-state index in [4.69, 9.17) is 9.29 Å². The molecule has 0 fully saturated rings. The fourth-order valence-corrected chi connectivity index (χ4v) is 2.30. The van der Waals surface area contributed by atoms with Crippen LogP contribution in [0.1, 0.15) is 6.92 Å². The zero-order valence-corrected chi connectivity index (χ0v) is 12.9. The Labute approximate surface area is 127 Å². The summed E-state index contributed by atoms with van der Waals surface area (Å²) in [6, 6.07) is 5.98. The van der Waals surface area contributed by atoms with Gasteiger partial charge in [-0.3, -0.25) is 9.54 Å². The minimum Gasteiger partial charge on any atom is -0.492 e. The molecule has 1 heterocycles. The van der Waals surface area contributed by atoms with Crippen LogP contribution in [0, 0.1) is 0 Å². The molecule has 1 N–H and O–H groups in total. The number of ether oxygens (including phenoxy) is 1. The summed E-state index contributed by atoms with van der Waals surface area (Å²) in [4.78, 5) is 3.91. The third kappa shape index (κ3) is 3.02. The van der Waals surface area contributed by atoms with E-state index >= 15 is 0 Å². The summed E-state index contributed by atoms with van der Waals surface area (Å²) in [6.45, 7) is 2.28. The molecular weight excluding hydrogens is 265 g/mol. The van der Waals surface area contributed by atoms with Gasteiger partial charge < -0.3 is 4.74 Å². The van der Waals surface area contributed by atoms with E-state index in [0.717, 1.165) is 0 Å². The summed E-state index contributed by atoms with van der Waals surface area (Å²) in [7, 11) is -4.26. The predicted molar refractivity (Wildman–Crippen MR) is 62.7 cm³/mol. The summed E-state index contributed by atoms with van der Waals surface area (Å²) in [5, 5.41) is 0.348. The average molecular weight is 276 g/mol. The first kappa shape index (κ1) is 15.4. The summed E-state index contributed by atoms with van der Waals surface area (Å²) in [5.41, 5.74) is 0.421. The summed E-state index contributed by atoms with van der Waals surface area (Å²) in [5.74, 6) is 0.496. The molecule has 0 amide bonds. The van der Waals surface area contributed by atoms with Gasteiger partial charge in [-0.15, -0.1) is 0 Å². The van der Waals surface area contributed by atoms with Crippen LogP contribution >= 0.6 is 0 Å². The van der Waals surface area contributed by atoms with E-state index in [1.807, 2.05) is 6.92 Å². The van der Waals surface area contributed by atoms with Gasteiger partial charge in [0.25, 0.3) is 10.1 Å². The molecule has 18 heavy (non-hydrogen) atoms. The van der Waals surface area contributed by atoms with E-state index in [2.05, 4.69) is 4.98 Å². The third-order valence-corrected chi connectivity index (χ3v) is 3.18. The van der Waals surface area contributed by atoms with Crippen LogP contribution in [-0.2, 0) is 10.1 Å². The topological polar surface area (TPSA) is 76.5 Å². The summed E-state index contributed by atoms with van der Waals surface area (Å²) >= 11 is 0. The van der Waals surface area contributed by atoms with Crippen molar-refractivity contribution in [1.29, 1.82) is 0 Å². The van der Waals surface area contributed by atoms with Crippen LogP contribution < -0.4 is 34.3 Å². The van der Waals surface area contributed by atoms with Gasteiger partial charge >= 0.3 is 29.6 Å². The van der Waals surface area contributed by atoms with Crippen molar-refractivity contribution in [2.75, 3.05) is 6.61 Å². The number of pyridine rings is 1. The largest absolute Gasteiger partial charge is 1.00 e. The zero-order valence-electron chi connectivity index (χ0n) is 10.1. The Kier molecular flexibility index (Phi) is 5.12. The van der Waals surface area contributed by atoms with E-state index in [1.165, 1.54) is 12.1 Å². The van der Waals surface area contributed by atoms with Gasteiger partial charge in [0.15, 0.2) is 0 Å². The molecule has 2 aromatic rings. The summed E-state index contributed by atoms with van der Waals surface area (Å²) < 4.78 is 36.9. The van der Waals surface area contributed by atoms with Crippen molar-refractivity contribution in [1.82, 2.24) is 4.98 Å². The van der Waals surface area contributed by atoms with Gasteiger partial charge in [-0.05, 0) is 31.2 Å². The number of aromatic nitrogens is 1. The smallest absolute Gasteiger partial charge is 0.492 e. The SMILES string of the molecule is CCOc1ccc(S(=O)(=O)O)c2cccnc12.[Na+]. The fraction of sp³-hybridized carbons (Fsp3) is 0.182. The monoisotopic (exact) mass is 276 g/mol. The van der Waals surface area contributed by atoms with Crippen molar-refractivity contribution in [3.63, 3.8) is 0 Å². The van der Waals surface area contributed by atoms with Gasteiger partial charge in [0.05, 0.1) is 6.61 Å². The van der Waals surface area contributed by atoms with Crippen molar-refractivity contribution < 1.29 is 47.3 Å². The Morgan fingerprint density at radius 3 is 2.67 bits per heavy atom. The molecule has 7 heteroatoms.